The van der Waals surface area contributed by atoms with Crippen LogP contribution in [0.15, 0.2) is 48.6 Å². The summed E-state index contributed by atoms with van der Waals surface area (Å²) in [7, 11) is 0. The summed E-state index contributed by atoms with van der Waals surface area (Å²) in [6.07, 6.45) is 87.5. The third kappa shape index (κ3) is 66.2. The van der Waals surface area contributed by atoms with Crippen LogP contribution in [0.3, 0.4) is 0 Å². The highest BCUT2D eigenvalue weighted by Gasteiger charge is 2.19. The molecule has 468 valence electrons. The predicted octanol–water partition coefficient (Wildman–Crippen LogP) is 24.5. The van der Waals surface area contributed by atoms with Crippen LogP contribution in [0.1, 0.15) is 387 Å². The third-order valence-electron chi connectivity index (χ3n) is 16.1. The van der Waals surface area contributed by atoms with Gasteiger partial charge >= 0.3 is 17.9 Å². The first-order chi connectivity index (χ1) is 39.5. The van der Waals surface area contributed by atoms with Crippen molar-refractivity contribution in [1.29, 1.82) is 0 Å². The van der Waals surface area contributed by atoms with Crippen molar-refractivity contribution in [3.8, 4) is 0 Å². The van der Waals surface area contributed by atoms with Crippen LogP contribution in [-0.4, -0.2) is 37.2 Å². The Labute approximate surface area is 498 Å². The van der Waals surface area contributed by atoms with Crippen molar-refractivity contribution < 1.29 is 28.6 Å². The third-order valence-corrected chi connectivity index (χ3v) is 16.1. The van der Waals surface area contributed by atoms with E-state index in [0.29, 0.717) is 19.3 Å². The van der Waals surface area contributed by atoms with E-state index in [-0.39, 0.29) is 37.5 Å². The molecule has 0 aliphatic rings. The summed E-state index contributed by atoms with van der Waals surface area (Å²) in [5, 5.41) is 0. The maximum Gasteiger partial charge on any atom is 0.306 e. The molecule has 1 atom stereocenters. The van der Waals surface area contributed by atoms with Crippen molar-refractivity contribution in [3.05, 3.63) is 48.6 Å². The van der Waals surface area contributed by atoms with E-state index >= 15 is 0 Å². The average molecular weight is 1120 g/mol. The first-order valence-electron chi connectivity index (χ1n) is 35.6. The summed E-state index contributed by atoms with van der Waals surface area (Å²) < 4.78 is 16.9. The van der Waals surface area contributed by atoms with E-state index in [4.69, 9.17) is 14.2 Å². The molecule has 6 heteroatoms. The fourth-order valence-electron chi connectivity index (χ4n) is 10.8. The number of rotatable bonds is 66. The molecule has 0 radical (unpaired) electrons. The molecule has 0 aliphatic carbocycles. The Morgan fingerprint density at radius 3 is 0.762 bits per heavy atom. The Kier molecular flexibility index (Phi) is 66.6. The summed E-state index contributed by atoms with van der Waals surface area (Å²) in [5.74, 6) is -0.906. The molecule has 0 fully saturated rings. The lowest BCUT2D eigenvalue weighted by Crippen LogP contribution is -2.30. The lowest BCUT2D eigenvalue weighted by atomic mass is 10.0. The van der Waals surface area contributed by atoms with Gasteiger partial charge in [-0.15, -0.1) is 0 Å². The second-order valence-corrected chi connectivity index (χ2v) is 24.1. The monoisotopic (exact) mass is 1120 g/mol. The van der Waals surface area contributed by atoms with E-state index in [1.165, 1.54) is 263 Å². The fourth-order valence-corrected chi connectivity index (χ4v) is 10.8. The van der Waals surface area contributed by atoms with Crippen molar-refractivity contribution in [2.24, 2.45) is 0 Å². The topological polar surface area (TPSA) is 78.9 Å². The van der Waals surface area contributed by atoms with Crippen LogP contribution >= 0.6 is 0 Å². The van der Waals surface area contributed by atoms with Gasteiger partial charge in [0.05, 0.1) is 0 Å². The van der Waals surface area contributed by atoms with Gasteiger partial charge in [-0.25, -0.2) is 0 Å². The molecule has 1 unspecified atom stereocenters. The second kappa shape index (κ2) is 68.9. The number of unbranched alkanes of at least 4 members (excludes halogenated alkanes) is 47. The molecular formula is C74H136O6. The summed E-state index contributed by atoms with van der Waals surface area (Å²) in [6.45, 7) is 6.55. The summed E-state index contributed by atoms with van der Waals surface area (Å²) >= 11 is 0. The van der Waals surface area contributed by atoms with Gasteiger partial charge < -0.3 is 14.2 Å². The number of hydrogen-bond acceptors (Lipinski definition) is 6. The molecule has 0 spiro atoms. The lowest BCUT2D eigenvalue weighted by Gasteiger charge is -2.18. The fraction of sp³-hybridized carbons (Fsp3) is 0.851. The van der Waals surface area contributed by atoms with E-state index in [1.54, 1.807) is 0 Å². The first-order valence-corrected chi connectivity index (χ1v) is 35.6. The van der Waals surface area contributed by atoms with Crippen LogP contribution in [0.5, 0.6) is 0 Å². The van der Waals surface area contributed by atoms with Crippen molar-refractivity contribution >= 4 is 17.9 Å². The highest BCUT2D eigenvalue weighted by atomic mass is 16.6. The highest BCUT2D eigenvalue weighted by Crippen LogP contribution is 2.19. The Morgan fingerprint density at radius 2 is 0.487 bits per heavy atom. The minimum atomic E-state index is -0.792. The van der Waals surface area contributed by atoms with Gasteiger partial charge in [-0.3, -0.25) is 14.4 Å². The van der Waals surface area contributed by atoms with Crippen LogP contribution in [0.2, 0.25) is 0 Å². The van der Waals surface area contributed by atoms with Gasteiger partial charge in [0.15, 0.2) is 6.10 Å². The zero-order valence-corrected chi connectivity index (χ0v) is 53.9. The van der Waals surface area contributed by atoms with Gasteiger partial charge in [-0.1, -0.05) is 358 Å². The van der Waals surface area contributed by atoms with Crippen molar-refractivity contribution in [2.45, 2.75) is 393 Å². The molecule has 0 aromatic heterocycles. The largest absolute Gasteiger partial charge is 0.462 e. The predicted molar refractivity (Wildman–Crippen MR) is 349 cm³/mol. The lowest BCUT2D eigenvalue weighted by molar-refractivity contribution is -0.167. The van der Waals surface area contributed by atoms with Crippen LogP contribution in [-0.2, 0) is 28.6 Å². The first kappa shape index (κ1) is 77.4. The quantitative estimate of drug-likeness (QED) is 0.0261. The Balaban J connectivity index is 4.04. The Hall–Kier alpha value is -2.63. The van der Waals surface area contributed by atoms with E-state index < -0.39 is 6.10 Å². The SMILES string of the molecule is CC/C=C\C/C=C\C/C=C\C/C=C\CCCCC(=O)OC(COC(=O)CCCCCCCCCCCCCC)COC(=O)CCCCCCCCCCCCCCCCCCCCCCCCCCCCCCCCCCCCC. The van der Waals surface area contributed by atoms with Gasteiger partial charge in [0.25, 0.3) is 0 Å². The molecule has 0 rings (SSSR count). The average Bonchev–Trinajstić information content (AvgIpc) is 3.46. The normalized spacial score (nSPS) is 12.3. The molecule has 0 aromatic carbocycles. The van der Waals surface area contributed by atoms with E-state index in [1.807, 2.05) is 0 Å². The van der Waals surface area contributed by atoms with Crippen LogP contribution < -0.4 is 0 Å². The molecule has 0 heterocycles. The number of carbonyl (C=O) groups excluding carboxylic acids is 3. The standard InChI is InChI=1S/C74H136O6/c1-4-7-10-13-16-19-22-25-27-28-29-30-31-32-33-34-35-36-37-38-39-40-41-42-43-44-45-46-48-49-52-55-58-61-64-67-73(76)79-70-71(69-78-72(75)66-63-60-57-54-51-24-21-18-15-12-9-6-3)80-74(77)68-65-62-59-56-53-50-47-26-23-20-17-14-11-8-5-2/h8,11,17,20,26,47,53,56,71H,4-7,9-10,12-16,18-19,21-25,27-46,48-52,54-55,57-70H2,1-3H3/b11-8-,20-17-,47-26-,56-53-. The van der Waals surface area contributed by atoms with Gasteiger partial charge in [0.1, 0.15) is 13.2 Å². The van der Waals surface area contributed by atoms with Gasteiger partial charge in [-0.05, 0) is 57.8 Å². The molecule has 80 heavy (non-hydrogen) atoms. The maximum absolute atomic E-state index is 12.9. The number of allylic oxidation sites excluding steroid dienone is 8. The van der Waals surface area contributed by atoms with Gasteiger partial charge in [0, 0.05) is 19.3 Å². The second-order valence-electron chi connectivity index (χ2n) is 24.1. The zero-order chi connectivity index (χ0) is 57.8. The molecular weight excluding hydrogens is 985 g/mol. The van der Waals surface area contributed by atoms with Crippen molar-refractivity contribution in [2.75, 3.05) is 13.2 Å². The van der Waals surface area contributed by atoms with Crippen LogP contribution in [0, 0.1) is 0 Å². The molecule has 0 amide bonds. The molecule has 0 aromatic rings. The molecule has 0 bridgehead atoms. The van der Waals surface area contributed by atoms with Gasteiger partial charge in [-0.2, -0.15) is 0 Å². The molecule has 0 aliphatic heterocycles. The van der Waals surface area contributed by atoms with E-state index in [9.17, 15) is 14.4 Å². The summed E-state index contributed by atoms with van der Waals surface area (Å²) in [6, 6.07) is 0. The smallest absolute Gasteiger partial charge is 0.306 e. The highest BCUT2D eigenvalue weighted by molar-refractivity contribution is 5.71. The van der Waals surface area contributed by atoms with Crippen LogP contribution in [0.4, 0.5) is 0 Å². The summed E-state index contributed by atoms with van der Waals surface area (Å²) in [4.78, 5) is 38.3. The minimum absolute atomic E-state index is 0.0852. The zero-order valence-electron chi connectivity index (χ0n) is 53.9. The molecule has 0 saturated carbocycles. The molecule has 6 nitrogen and oxygen atoms in total. The maximum atomic E-state index is 12.9. The minimum Gasteiger partial charge on any atom is -0.462 e. The number of carbonyl (C=O) groups is 3. The Morgan fingerprint density at radius 1 is 0.263 bits per heavy atom. The molecule has 0 N–H and O–H groups in total. The molecule has 0 saturated heterocycles. The summed E-state index contributed by atoms with van der Waals surface area (Å²) in [5.41, 5.74) is 0. The van der Waals surface area contributed by atoms with E-state index in [2.05, 4.69) is 69.4 Å². The van der Waals surface area contributed by atoms with Crippen LogP contribution in [0.25, 0.3) is 0 Å². The number of hydrogen-bond donors (Lipinski definition) is 0. The Bertz CT molecular complexity index is 1380. The number of esters is 3. The van der Waals surface area contributed by atoms with Crippen molar-refractivity contribution in [3.63, 3.8) is 0 Å². The van der Waals surface area contributed by atoms with Crippen molar-refractivity contribution in [1.82, 2.24) is 0 Å². The van der Waals surface area contributed by atoms with E-state index in [0.717, 1.165) is 77.0 Å². The number of ether oxygens (including phenoxy) is 3. The van der Waals surface area contributed by atoms with Gasteiger partial charge in [0.2, 0.25) is 0 Å².